The van der Waals surface area contributed by atoms with Crippen LogP contribution in [-0.4, -0.2) is 58.7 Å². The Morgan fingerprint density at radius 2 is 2.15 bits per heavy atom. The van der Waals surface area contributed by atoms with Gasteiger partial charge in [-0.15, -0.1) is 5.10 Å². The van der Waals surface area contributed by atoms with E-state index < -0.39 is 12.0 Å². The Morgan fingerprint density at radius 3 is 2.92 bits per heavy atom. The van der Waals surface area contributed by atoms with E-state index in [1.165, 1.54) is 11.8 Å². The van der Waals surface area contributed by atoms with Crippen LogP contribution >= 0.6 is 0 Å². The number of aliphatic imine (C=N–C) groups is 1. The van der Waals surface area contributed by atoms with Crippen LogP contribution in [0.25, 0.3) is 11.0 Å². The van der Waals surface area contributed by atoms with Gasteiger partial charge in [-0.1, -0.05) is 24.3 Å². The average molecular weight is 359 g/mol. The number of esters is 1. The van der Waals surface area contributed by atoms with Crippen LogP contribution in [0.2, 0.25) is 0 Å². The molecule has 0 radical (unpaired) electrons. The standard InChI is InChI=1S/C17H21N5O4/c1-10(15-19-13(9-26-15)16(23)25-3)8-11(2)18-17(24)22-14-7-5-4-6-12(14)20-21-22/h4-7,10-11,13H,8-9H2,1-3H3,(H,18,24). The Hall–Kier alpha value is -2.97. The van der Waals surface area contributed by atoms with Crippen LogP contribution in [0.3, 0.4) is 0 Å². The molecule has 0 aliphatic carbocycles. The van der Waals surface area contributed by atoms with Gasteiger partial charge in [-0.05, 0) is 25.5 Å². The molecule has 0 saturated heterocycles. The van der Waals surface area contributed by atoms with Crippen LogP contribution in [0.5, 0.6) is 0 Å². The topological polar surface area (TPSA) is 108 Å². The van der Waals surface area contributed by atoms with Crippen molar-refractivity contribution in [2.24, 2.45) is 10.9 Å². The van der Waals surface area contributed by atoms with Gasteiger partial charge in [0.2, 0.25) is 0 Å². The van der Waals surface area contributed by atoms with Gasteiger partial charge < -0.3 is 14.8 Å². The van der Waals surface area contributed by atoms with Crippen molar-refractivity contribution in [1.82, 2.24) is 20.3 Å². The predicted molar refractivity (Wildman–Crippen MR) is 93.9 cm³/mol. The summed E-state index contributed by atoms with van der Waals surface area (Å²) >= 11 is 0. The van der Waals surface area contributed by atoms with Crippen molar-refractivity contribution < 1.29 is 19.1 Å². The van der Waals surface area contributed by atoms with Crippen LogP contribution in [-0.2, 0) is 14.3 Å². The Balaban J connectivity index is 1.59. The molecule has 2 heterocycles. The zero-order valence-electron chi connectivity index (χ0n) is 14.9. The molecule has 0 saturated carbocycles. The number of nitrogens with zero attached hydrogens (tertiary/aromatic N) is 4. The van der Waals surface area contributed by atoms with E-state index in [1.807, 2.05) is 26.0 Å². The van der Waals surface area contributed by atoms with Crippen molar-refractivity contribution in [2.75, 3.05) is 13.7 Å². The zero-order valence-corrected chi connectivity index (χ0v) is 14.9. The lowest BCUT2D eigenvalue weighted by atomic mass is 10.0. The summed E-state index contributed by atoms with van der Waals surface area (Å²) in [6.45, 7) is 4.02. The predicted octanol–water partition coefficient (Wildman–Crippen LogP) is 1.37. The van der Waals surface area contributed by atoms with E-state index in [9.17, 15) is 9.59 Å². The highest BCUT2D eigenvalue weighted by Gasteiger charge is 2.30. The summed E-state index contributed by atoms with van der Waals surface area (Å²) in [6, 6.07) is 6.15. The number of para-hydroxylation sites is 1. The molecule has 3 unspecified atom stereocenters. The minimum absolute atomic E-state index is 0.0487. The number of carbonyl (C=O) groups excluding carboxylic acids is 2. The summed E-state index contributed by atoms with van der Waals surface area (Å²) in [5.41, 5.74) is 1.31. The van der Waals surface area contributed by atoms with E-state index in [-0.39, 0.29) is 24.6 Å². The van der Waals surface area contributed by atoms with E-state index in [2.05, 4.69) is 25.4 Å². The monoisotopic (exact) mass is 359 g/mol. The highest BCUT2D eigenvalue weighted by Crippen LogP contribution is 2.17. The number of fused-ring (bicyclic) bond motifs is 1. The molecular weight excluding hydrogens is 338 g/mol. The maximum atomic E-state index is 12.4. The summed E-state index contributed by atoms with van der Waals surface area (Å²) < 4.78 is 11.4. The smallest absolute Gasteiger partial charge is 0.344 e. The van der Waals surface area contributed by atoms with Crippen LogP contribution < -0.4 is 5.32 Å². The average Bonchev–Trinajstić information content (AvgIpc) is 3.28. The van der Waals surface area contributed by atoms with Gasteiger partial charge in [0.15, 0.2) is 11.9 Å². The molecule has 2 aromatic rings. The van der Waals surface area contributed by atoms with E-state index >= 15 is 0 Å². The van der Waals surface area contributed by atoms with Gasteiger partial charge in [0.05, 0.1) is 12.6 Å². The Labute approximate surface area is 150 Å². The maximum Gasteiger partial charge on any atom is 0.344 e. The second-order valence-electron chi connectivity index (χ2n) is 6.29. The number of carbonyl (C=O) groups is 2. The molecule has 0 fully saturated rings. The summed E-state index contributed by atoms with van der Waals surface area (Å²) in [4.78, 5) is 28.2. The Bertz CT molecular complexity index is 847. The highest BCUT2D eigenvalue weighted by atomic mass is 16.5. The van der Waals surface area contributed by atoms with Crippen LogP contribution in [0.1, 0.15) is 20.3 Å². The highest BCUT2D eigenvalue weighted by molar-refractivity contribution is 5.88. The van der Waals surface area contributed by atoms with Crippen molar-refractivity contribution in [3.63, 3.8) is 0 Å². The third-order valence-electron chi connectivity index (χ3n) is 4.19. The molecule has 0 bridgehead atoms. The molecule has 9 heteroatoms. The van der Waals surface area contributed by atoms with E-state index in [1.54, 1.807) is 12.1 Å². The van der Waals surface area contributed by atoms with Crippen LogP contribution in [0, 0.1) is 5.92 Å². The zero-order chi connectivity index (χ0) is 18.7. The number of benzene rings is 1. The van der Waals surface area contributed by atoms with Crippen molar-refractivity contribution in [3.05, 3.63) is 24.3 Å². The summed E-state index contributed by atoms with van der Waals surface area (Å²) in [7, 11) is 1.32. The van der Waals surface area contributed by atoms with Gasteiger partial charge in [0.25, 0.3) is 0 Å². The SMILES string of the molecule is COC(=O)C1COC(C(C)CC(C)NC(=O)n2nnc3ccccc32)=N1. The second kappa shape index (κ2) is 7.51. The lowest BCUT2D eigenvalue weighted by molar-refractivity contribution is -0.142. The van der Waals surface area contributed by atoms with Gasteiger partial charge >= 0.3 is 12.0 Å². The molecule has 3 rings (SSSR count). The number of ether oxygens (including phenoxy) is 2. The lowest BCUT2D eigenvalue weighted by Gasteiger charge is -2.18. The molecule has 1 aromatic heterocycles. The summed E-state index contributed by atoms with van der Waals surface area (Å²) in [5.74, 6) is 0.0479. The van der Waals surface area contributed by atoms with E-state index in [0.29, 0.717) is 23.4 Å². The quantitative estimate of drug-likeness (QED) is 0.808. The van der Waals surface area contributed by atoms with E-state index in [0.717, 1.165) is 0 Å². The van der Waals surface area contributed by atoms with Gasteiger partial charge in [0.1, 0.15) is 12.1 Å². The Morgan fingerprint density at radius 1 is 1.38 bits per heavy atom. The third kappa shape index (κ3) is 3.66. The van der Waals surface area contributed by atoms with Gasteiger partial charge in [-0.2, -0.15) is 4.68 Å². The molecule has 1 aromatic carbocycles. The third-order valence-corrected chi connectivity index (χ3v) is 4.19. The maximum absolute atomic E-state index is 12.4. The number of hydrogen-bond acceptors (Lipinski definition) is 7. The number of rotatable bonds is 5. The fraction of sp³-hybridized carbons (Fsp3) is 0.471. The fourth-order valence-electron chi connectivity index (χ4n) is 2.90. The number of hydrogen-bond donors (Lipinski definition) is 1. The molecule has 3 atom stereocenters. The molecule has 0 spiro atoms. The van der Waals surface area contributed by atoms with Crippen LogP contribution in [0.15, 0.2) is 29.3 Å². The van der Waals surface area contributed by atoms with Crippen molar-refractivity contribution in [2.45, 2.75) is 32.4 Å². The van der Waals surface area contributed by atoms with Crippen molar-refractivity contribution in [1.29, 1.82) is 0 Å². The van der Waals surface area contributed by atoms with Crippen molar-refractivity contribution >= 4 is 28.9 Å². The molecule has 138 valence electrons. The molecular formula is C17H21N5O4. The Kier molecular flexibility index (Phi) is 5.15. The lowest BCUT2D eigenvalue weighted by Crippen LogP contribution is -2.38. The first-order valence-electron chi connectivity index (χ1n) is 8.39. The largest absolute Gasteiger partial charge is 0.478 e. The first kappa shape index (κ1) is 17.8. The van der Waals surface area contributed by atoms with E-state index in [4.69, 9.17) is 4.74 Å². The summed E-state index contributed by atoms with van der Waals surface area (Å²) in [6.07, 6.45) is 0.602. The number of methoxy groups -OCH3 is 1. The molecule has 26 heavy (non-hydrogen) atoms. The molecule has 1 aliphatic rings. The molecule has 1 aliphatic heterocycles. The second-order valence-corrected chi connectivity index (χ2v) is 6.29. The van der Waals surface area contributed by atoms with Crippen molar-refractivity contribution in [3.8, 4) is 0 Å². The van der Waals surface area contributed by atoms with Crippen LogP contribution in [0.4, 0.5) is 4.79 Å². The minimum atomic E-state index is -0.608. The fourth-order valence-corrected chi connectivity index (χ4v) is 2.90. The first-order valence-corrected chi connectivity index (χ1v) is 8.39. The molecule has 1 N–H and O–H groups in total. The minimum Gasteiger partial charge on any atom is -0.478 e. The number of amides is 1. The van der Waals surface area contributed by atoms with Gasteiger partial charge in [-0.25, -0.2) is 14.6 Å². The first-order chi connectivity index (χ1) is 12.5. The summed E-state index contributed by atoms with van der Waals surface area (Å²) in [5, 5.41) is 10.8. The molecule has 9 nitrogen and oxygen atoms in total. The number of nitrogens with one attached hydrogen (secondary N) is 1. The normalized spacial score (nSPS) is 18.7. The van der Waals surface area contributed by atoms with Gasteiger partial charge in [0, 0.05) is 12.0 Å². The number of aromatic nitrogens is 3. The van der Waals surface area contributed by atoms with Gasteiger partial charge in [-0.3, -0.25) is 0 Å². The molecule has 1 amide bonds.